The summed E-state index contributed by atoms with van der Waals surface area (Å²) in [6.07, 6.45) is 0. The molecule has 0 radical (unpaired) electrons. The van der Waals surface area contributed by atoms with E-state index in [9.17, 15) is 9.59 Å². The third kappa shape index (κ3) is 4.59. The summed E-state index contributed by atoms with van der Waals surface area (Å²) in [4.78, 5) is 23.8. The van der Waals surface area contributed by atoms with Crippen molar-refractivity contribution < 1.29 is 23.8 Å². The van der Waals surface area contributed by atoms with Crippen molar-refractivity contribution in [2.24, 2.45) is 0 Å². The van der Waals surface area contributed by atoms with Crippen LogP contribution in [0.25, 0.3) is 0 Å². The van der Waals surface area contributed by atoms with E-state index >= 15 is 0 Å². The van der Waals surface area contributed by atoms with Crippen LogP contribution in [-0.4, -0.2) is 32.6 Å². The lowest BCUT2D eigenvalue weighted by molar-refractivity contribution is 0.0600. The molecule has 5 heteroatoms. The summed E-state index contributed by atoms with van der Waals surface area (Å²) in [6, 6.07) is 12.2. The van der Waals surface area contributed by atoms with Crippen LogP contribution in [0.3, 0.4) is 0 Å². The van der Waals surface area contributed by atoms with Crippen molar-refractivity contribution in [2.45, 2.75) is 19.8 Å². The molecule has 0 fully saturated rings. The molecule has 132 valence electrons. The second-order valence-corrected chi connectivity index (χ2v) is 5.85. The van der Waals surface area contributed by atoms with Gasteiger partial charge < -0.3 is 14.2 Å². The third-order valence-corrected chi connectivity index (χ3v) is 3.84. The van der Waals surface area contributed by atoms with E-state index in [1.54, 1.807) is 24.3 Å². The molecule has 0 unspecified atom stereocenters. The van der Waals surface area contributed by atoms with Crippen LogP contribution < -0.4 is 9.47 Å². The van der Waals surface area contributed by atoms with Gasteiger partial charge in [0.2, 0.25) is 0 Å². The molecule has 0 heterocycles. The second kappa shape index (κ2) is 8.33. The van der Waals surface area contributed by atoms with Gasteiger partial charge in [0.15, 0.2) is 23.9 Å². The largest absolute Gasteiger partial charge is 0.493 e. The SMILES string of the molecule is COC(=O)c1ccc(OCC(=O)c2ccc(C(C)C)cc2)c(OC)c1. The summed E-state index contributed by atoms with van der Waals surface area (Å²) in [5, 5.41) is 0. The van der Waals surface area contributed by atoms with E-state index in [-0.39, 0.29) is 12.4 Å². The van der Waals surface area contributed by atoms with E-state index in [0.717, 1.165) is 0 Å². The first-order valence-electron chi connectivity index (χ1n) is 7.98. The molecule has 0 aliphatic rings. The number of carbonyl (C=O) groups excluding carboxylic acids is 2. The average molecular weight is 342 g/mol. The molecule has 0 spiro atoms. The maximum atomic E-state index is 12.3. The van der Waals surface area contributed by atoms with Crippen molar-refractivity contribution in [1.29, 1.82) is 0 Å². The first-order chi connectivity index (χ1) is 12.0. The van der Waals surface area contributed by atoms with E-state index in [0.29, 0.717) is 28.5 Å². The monoisotopic (exact) mass is 342 g/mol. The molecule has 0 amide bonds. The van der Waals surface area contributed by atoms with Gasteiger partial charge in [0.1, 0.15) is 0 Å². The highest BCUT2D eigenvalue weighted by Crippen LogP contribution is 2.28. The summed E-state index contributed by atoms with van der Waals surface area (Å²) in [7, 11) is 2.78. The number of hydrogen-bond donors (Lipinski definition) is 0. The Hall–Kier alpha value is -2.82. The van der Waals surface area contributed by atoms with Gasteiger partial charge in [-0.05, 0) is 29.7 Å². The molecule has 0 aromatic heterocycles. The number of hydrogen-bond acceptors (Lipinski definition) is 5. The topological polar surface area (TPSA) is 61.8 Å². The second-order valence-electron chi connectivity index (χ2n) is 5.85. The summed E-state index contributed by atoms with van der Waals surface area (Å²) >= 11 is 0. The van der Waals surface area contributed by atoms with Gasteiger partial charge in [-0.25, -0.2) is 4.79 Å². The Bertz CT molecular complexity index is 747. The highest BCUT2D eigenvalue weighted by Gasteiger charge is 2.13. The predicted octanol–water partition coefficient (Wildman–Crippen LogP) is 3.87. The number of ether oxygens (including phenoxy) is 3. The summed E-state index contributed by atoms with van der Waals surface area (Å²) < 4.78 is 15.4. The van der Waals surface area contributed by atoms with Gasteiger partial charge in [-0.15, -0.1) is 0 Å². The molecule has 5 nitrogen and oxygen atoms in total. The van der Waals surface area contributed by atoms with Gasteiger partial charge in [0.05, 0.1) is 19.8 Å². The van der Waals surface area contributed by atoms with Gasteiger partial charge in [-0.2, -0.15) is 0 Å². The zero-order valence-electron chi connectivity index (χ0n) is 14.9. The van der Waals surface area contributed by atoms with Crippen LogP contribution in [0.4, 0.5) is 0 Å². The summed E-state index contributed by atoms with van der Waals surface area (Å²) in [6.45, 7) is 4.09. The van der Waals surface area contributed by atoms with Crippen LogP contribution >= 0.6 is 0 Å². The highest BCUT2D eigenvalue weighted by atomic mass is 16.5. The van der Waals surface area contributed by atoms with Crippen LogP contribution in [0.1, 0.15) is 46.0 Å². The molecule has 0 bridgehead atoms. The standard InChI is InChI=1S/C20H22O5/c1-13(2)14-5-7-15(8-6-14)17(21)12-25-18-10-9-16(20(22)24-4)11-19(18)23-3/h5-11,13H,12H2,1-4H3. The maximum absolute atomic E-state index is 12.3. The zero-order chi connectivity index (χ0) is 18.4. The van der Waals surface area contributed by atoms with Crippen molar-refractivity contribution in [1.82, 2.24) is 0 Å². The molecular formula is C20H22O5. The van der Waals surface area contributed by atoms with Gasteiger partial charge in [-0.3, -0.25) is 4.79 Å². The molecule has 25 heavy (non-hydrogen) atoms. The molecule has 2 aromatic rings. The van der Waals surface area contributed by atoms with Crippen LogP contribution in [0.2, 0.25) is 0 Å². The van der Waals surface area contributed by atoms with Gasteiger partial charge >= 0.3 is 5.97 Å². The van der Waals surface area contributed by atoms with Crippen LogP contribution in [-0.2, 0) is 4.74 Å². The lowest BCUT2D eigenvalue weighted by atomic mass is 10.0. The highest BCUT2D eigenvalue weighted by molar-refractivity contribution is 5.97. The van der Waals surface area contributed by atoms with Crippen molar-refractivity contribution >= 4 is 11.8 Å². The van der Waals surface area contributed by atoms with E-state index < -0.39 is 5.97 Å². The number of Topliss-reactive ketones (excluding diaryl/α,β-unsaturated/α-hetero) is 1. The third-order valence-electron chi connectivity index (χ3n) is 3.84. The van der Waals surface area contributed by atoms with E-state index in [4.69, 9.17) is 9.47 Å². The van der Waals surface area contributed by atoms with E-state index in [1.165, 1.54) is 25.8 Å². The Balaban J connectivity index is 2.07. The predicted molar refractivity (Wildman–Crippen MR) is 94.7 cm³/mol. The van der Waals surface area contributed by atoms with E-state index in [2.05, 4.69) is 18.6 Å². The zero-order valence-corrected chi connectivity index (χ0v) is 14.9. The summed E-state index contributed by atoms with van der Waals surface area (Å²) in [5.41, 5.74) is 2.12. The molecule has 0 aliphatic carbocycles. The van der Waals surface area contributed by atoms with Crippen molar-refractivity contribution in [3.05, 3.63) is 59.2 Å². The lowest BCUT2D eigenvalue weighted by Crippen LogP contribution is -2.12. The lowest BCUT2D eigenvalue weighted by Gasteiger charge is -2.11. The van der Waals surface area contributed by atoms with Gasteiger partial charge in [-0.1, -0.05) is 38.1 Å². The molecular weight excluding hydrogens is 320 g/mol. The van der Waals surface area contributed by atoms with E-state index in [1.807, 2.05) is 12.1 Å². The Morgan fingerprint density at radius 3 is 2.12 bits per heavy atom. The number of ketones is 1. The molecule has 2 aromatic carbocycles. The smallest absolute Gasteiger partial charge is 0.337 e. The molecule has 0 saturated carbocycles. The maximum Gasteiger partial charge on any atom is 0.337 e. The fourth-order valence-electron chi connectivity index (χ4n) is 2.31. The van der Waals surface area contributed by atoms with Gasteiger partial charge in [0.25, 0.3) is 0 Å². The van der Waals surface area contributed by atoms with Crippen LogP contribution in [0.5, 0.6) is 11.5 Å². The molecule has 0 N–H and O–H groups in total. The number of carbonyl (C=O) groups is 2. The number of methoxy groups -OCH3 is 2. The van der Waals surface area contributed by atoms with Crippen molar-refractivity contribution in [3.8, 4) is 11.5 Å². The number of rotatable bonds is 7. The normalized spacial score (nSPS) is 10.4. The fourth-order valence-corrected chi connectivity index (χ4v) is 2.31. The molecule has 0 aliphatic heterocycles. The van der Waals surface area contributed by atoms with Crippen molar-refractivity contribution in [2.75, 3.05) is 20.8 Å². The minimum atomic E-state index is -0.467. The molecule has 0 atom stereocenters. The Labute approximate surface area is 147 Å². The average Bonchev–Trinajstić information content (AvgIpc) is 2.65. The minimum absolute atomic E-state index is 0.116. The first-order valence-corrected chi connectivity index (χ1v) is 7.98. The number of benzene rings is 2. The Morgan fingerprint density at radius 1 is 0.920 bits per heavy atom. The molecule has 2 rings (SSSR count). The molecule has 0 saturated heterocycles. The number of esters is 1. The fraction of sp³-hybridized carbons (Fsp3) is 0.300. The summed E-state index contributed by atoms with van der Waals surface area (Å²) in [5.74, 6) is 0.576. The Morgan fingerprint density at radius 2 is 1.56 bits per heavy atom. The van der Waals surface area contributed by atoms with Crippen molar-refractivity contribution in [3.63, 3.8) is 0 Å². The first kappa shape index (κ1) is 18.5. The quantitative estimate of drug-likeness (QED) is 0.565. The minimum Gasteiger partial charge on any atom is -0.493 e. The van der Waals surface area contributed by atoms with Gasteiger partial charge in [0, 0.05) is 5.56 Å². The van der Waals surface area contributed by atoms with Crippen LogP contribution in [0, 0.1) is 0 Å². The van der Waals surface area contributed by atoms with Crippen LogP contribution in [0.15, 0.2) is 42.5 Å². The Kier molecular flexibility index (Phi) is 6.17.